The van der Waals surface area contributed by atoms with Crippen LogP contribution in [0.15, 0.2) is 60.3 Å². The Hall–Kier alpha value is -3.05. The molecular formula is C24H23ClN2O3. The number of aliphatic hydroxyl groups is 1. The fourth-order valence-electron chi connectivity index (χ4n) is 4.05. The summed E-state index contributed by atoms with van der Waals surface area (Å²) in [6, 6.07) is 13.7. The maximum absolute atomic E-state index is 13.0. The Labute approximate surface area is 180 Å². The van der Waals surface area contributed by atoms with Crippen molar-refractivity contribution in [2.24, 2.45) is 0 Å². The van der Waals surface area contributed by atoms with Crippen LogP contribution in [0.1, 0.15) is 43.4 Å². The van der Waals surface area contributed by atoms with Crippen LogP contribution in [0.3, 0.4) is 0 Å². The molecule has 1 aliphatic rings. The Kier molecular flexibility index (Phi) is 5.64. The van der Waals surface area contributed by atoms with E-state index < -0.39 is 17.7 Å². The van der Waals surface area contributed by atoms with Gasteiger partial charge in [0.05, 0.1) is 11.6 Å². The van der Waals surface area contributed by atoms with Crippen LogP contribution in [0.25, 0.3) is 16.7 Å². The van der Waals surface area contributed by atoms with E-state index in [-0.39, 0.29) is 11.3 Å². The van der Waals surface area contributed by atoms with Crippen molar-refractivity contribution in [2.45, 2.75) is 32.2 Å². The van der Waals surface area contributed by atoms with E-state index in [2.05, 4.69) is 11.9 Å². The van der Waals surface area contributed by atoms with Gasteiger partial charge in [0.2, 0.25) is 0 Å². The third-order valence-electron chi connectivity index (χ3n) is 5.58. The zero-order chi connectivity index (χ0) is 21.3. The molecular weight excluding hydrogens is 400 g/mol. The van der Waals surface area contributed by atoms with Crippen molar-refractivity contribution >= 4 is 40.0 Å². The van der Waals surface area contributed by atoms with Gasteiger partial charge in [0.25, 0.3) is 11.7 Å². The summed E-state index contributed by atoms with van der Waals surface area (Å²) in [5.74, 6) is -1.41. The summed E-state index contributed by atoms with van der Waals surface area (Å²) in [4.78, 5) is 30.8. The summed E-state index contributed by atoms with van der Waals surface area (Å²) in [6.45, 7) is 2.55. The van der Waals surface area contributed by atoms with Gasteiger partial charge in [-0.05, 0) is 36.8 Å². The first-order chi connectivity index (χ1) is 14.5. The summed E-state index contributed by atoms with van der Waals surface area (Å²) in [6.07, 6.45) is 4.58. The summed E-state index contributed by atoms with van der Waals surface area (Å²) < 4.78 is 0. The molecule has 0 bridgehead atoms. The summed E-state index contributed by atoms with van der Waals surface area (Å²) in [5.41, 5.74) is 2.29. The van der Waals surface area contributed by atoms with Crippen molar-refractivity contribution in [3.63, 3.8) is 0 Å². The van der Waals surface area contributed by atoms with Crippen molar-refractivity contribution in [1.82, 2.24) is 9.88 Å². The molecule has 0 spiro atoms. The maximum Gasteiger partial charge on any atom is 0.295 e. The number of amides is 1. The standard InChI is InChI=1S/C24H23ClN2O3/c1-2-3-6-13-27-21(18-14-26-19-8-5-4-7-17(18)19)20(23(29)24(27)30)22(28)15-9-11-16(25)12-10-15/h4-5,7-12,14,21,26,28H,2-3,6,13H2,1H3/b22-20+. The minimum absolute atomic E-state index is 0.114. The number of likely N-dealkylation sites (tertiary alicyclic amines) is 1. The predicted molar refractivity (Wildman–Crippen MR) is 118 cm³/mol. The van der Waals surface area contributed by atoms with Gasteiger partial charge >= 0.3 is 0 Å². The quantitative estimate of drug-likeness (QED) is 0.240. The van der Waals surface area contributed by atoms with Gasteiger partial charge in [-0.3, -0.25) is 9.59 Å². The van der Waals surface area contributed by atoms with Crippen molar-refractivity contribution in [3.8, 4) is 0 Å². The molecule has 0 aliphatic carbocycles. The smallest absolute Gasteiger partial charge is 0.295 e. The van der Waals surface area contributed by atoms with Crippen LogP contribution in [0.5, 0.6) is 0 Å². The van der Waals surface area contributed by atoms with Crippen LogP contribution < -0.4 is 0 Å². The molecule has 0 saturated carbocycles. The number of Topliss-reactive ketones (excluding diaryl/α,β-unsaturated/α-hetero) is 1. The number of ketones is 1. The van der Waals surface area contributed by atoms with Crippen molar-refractivity contribution in [2.75, 3.05) is 6.54 Å². The average molecular weight is 423 g/mol. The Morgan fingerprint density at radius 3 is 2.57 bits per heavy atom. The zero-order valence-electron chi connectivity index (χ0n) is 16.7. The van der Waals surface area contributed by atoms with Crippen LogP contribution in [0.2, 0.25) is 5.02 Å². The largest absolute Gasteiger partial charge is 0.507 e. The summed E-state index contributed by atoms with van der Waals surface area (Å²) in [7, 11) is 0. The van der Waals surface area contributed by atoms with Crippen molar-refractivity contribution in [3.05, 3.63) is 76.5 Å². The Bertz CT molecular complexity index is 1130. The van der Waals surface area contributed by atoms with Gasteiger partial charge in [0.1, 0.15) is 5.76 Å². The molecule has 1 fully saturated rings. The van der Waals surface area contributed by atoms with E-state index in [1.807, 2.05) is 30.5 Å². The number of aromatic amines is 1. The number of aliphatic hydroxyl groups excluding tert-OH is 1. The molecule has 154 valence electrons. The van der Waals surface area contributed by atoms with Crippen LogP contribution in [-0.2, 0) is 9.59 Å². The molecule has 6 heteroatoms. The minimum Gasteiger partial charge on any atom is -0.507 e. The molecule has 4 rings (SSSR count). The maximum atomic E-state index is 13.0. The molecule has 1 aromatic heterocycles. The zero-order valence-corrected chi connectivity index (χ0v) is 17.4. The van der Waals surface area contributed by atoms with Crippen molar-refractivity contribution < 1.29 is 14.7 Å². The number of hydrogen-bond acceptors (Lipinski definition) is 3. The second kappa shape index (κ2) is 8.36. The number of aromatic nitrogens is 1. The lowest BCUT2D eigenvalue weighted by atomic mass is 9.95. The van der Waals surface area contributed by atoms with Crippen LogP contribution in [0.4, 0.5) is 0 Å². The highest BCUT2D eigenvalue weighted by Crippen LogP contribution is 2.42. The third-order valence-corrected chi connectivity index (χ3v) is 5.83. The lowest BCUT2D eigenvalue weighted by Crippen LogP contribution is -2.30. The predicted octanol–water partition coefficient (Wildman–Crippen LogP) is 5.43. The molecule has 0 radical (unpaired) electrons. The minimum atomic E-state index is -0.658. The van der Waals surface area contributed by atoms with E-state index in [1.54, 1.807) is 29.2 Å². The topological polar surface area (TPSA) is 73.4 Å². The first-order valence-corrected chi connectivity index (χ1v) is 10.5. The Morgan fingerprint density at radius 2 is 1.83 bits per heavy atom. The Balaban J connectivity index is 1.88. The van der Waals surface area contributed by atoms with Crippen LogP contribution >= 0.6 is 11.6 Å². The van der Waals surface area contributed by atoms with Gasteiger partial charge in [-0.25, -0.2) is 0 Å². The van der Waals surface area contributed by atoms with E-state index in [0.717, 1.165) is 35.7 Å². The van der Waals surface area contributed by atoms with Gasteiger partial charge in [0.15, 0.2) is 0 Å². The highest BCUT2D eigenvalue weighted by molar-refractivity contribution is 6.46. The normalized spacial score (nSPS) is 18.5. The number of unbranched alkanes of at least 4 members (excludes halogenated alkanes) is 2. The number of carbonyl (C=O) groups excluding carboxylic acids is 2. The van der Waals surface area contributed by atoms with Gasteiger partial charge < -0.3 is 15.0 Å². The monoisotopic (exact) mass is 422 g/mol. The Morgan fingerprint density at radius 1 is 1.10 bits per heavy atom. The number of benzene rings is 2. The molecule has 2 N–H and O–H groups in total. The lowest BCUT2D eigenvalue weighted by Gasteiger charge is -2.24. The van der Waals surface area contributed by atoms with E-state index >= 15 is 0 Å². The van der Waals surface area contributed by atoms with Crippen LogP contribution in [-0.4, -0.2) is 33.2 Å². The molecule has 3 aromatic rings. The van der Waals surface area contributed by atoms with Crippen molar-refractivity contribution in [1.29, 1.82) is 0 Å². The van der Waals surface area contributed by atoms with Gasteiger partial charge in [-0.2, -0.15) is 0 Å². The highest BCUT2D eigenvalue weighted by Gasteiger charge is 2.46. The highest BCUT2D eigenvalue weighted by atomic mass is 35.5. The van der Waals surface area contributed by atoms with E-state index in [9.17, 15) is 14.7 Å². The molecule has 2 aromatic carbocycles. The number of fused-ring (bicyclic) bond motifs is 1. The number of hydrogen-bond donors (Lipinski definition) is 2. The second-order valence-electron chi connectivity index (χ2n) is 7.50. The number of rotatable bonds is 6. The van der Waals surface area contributed by atoms with Gasteiger partial charge in [-0.15, -0.1) is 0 Å². The fraction of sp³-hybridized carbons (Fsp3) is 0.250. The van der Waals surface area contributed by atoms with E-state index in [0.29, 0.717) is 17.1 Å². The molecule has 30 heavy (non-hydrogen) atoms. The SMILES string of the molecule is CCCCCN1C(=O)C(=O)/C(=C(/O)c2ccc(Cl)cc2)C1c1c[nH]c2ccccc12. The molecule has 1 unspecified atom stereocenters. The number of para-hydroxylation sites is 1. The molecule has 1 saturated heterocycles. The van der Waals surface area contributed by atoms with Crippen LogP contribution in [0, 0.1) is 0 Å². The van der Waals surface area contributed by atoms with E-state index in [4.69, 9.17) is 11.6 Å². The first kappa shape index (κ1) is 20.2. The average Bonchev–Trinajstić information content (AvgIpc) is 3.28. The third kappa shape index (κ3) is 3.50. The molecule has 5 nitrogen and oxygen atoms in total. The molecule has 1 aliphatic heterocycles. The molecule has 1 amide bonds. The molecule has 2 heterocycles. The van der Waals surface area contributed by atoms with Gasteiger partial charge in [0, 0.05) is 39.8 Å². The number of carbonyl (C=O) groups is 2. The summed E-state index contributed by atoms with van der Waals surface area (Å²) >= 11 is 5.97. The summed E-state index contributed by atoms with van der Waals surface area (Å²) in [5, 5.41) is 12.5. The number of nitrogens with one attached hydrogen (secondary N) is 1. The molecule has 1 atom stereocenters. The second-order valence-corrected chi connectivity index (χ2v) is 7.93. The van der Waals surface area contributed by atoms with E-state index in [1.165, 1.54) is 0 Å². The number of nitrogens with zero attached hydrogens (tertiary/aromatic N) is 1. The number of halogens is 1. The fourth-order valence-corrected chi connectivity index (χ4v) is 4.18. The lowest BCUT2D eigenvalue weighted by molar-refractivity contribution is -0.139. The van der Waals surface area contributed by atoms with Gasteiger partial charge in [-0.1, -0.05) is 49.6 Å². The first-order valence-electron chi connectivity index (χ1n) is 10.1. The number of H-pyrrole nitrogens is 1.